The Morgan fingerprint density at radius 1 is 1.38 bits per heavy atom. The summed E-state index contributed by atoms with van der Waals surface area (Å²) in [6, 6.07) is 9.32. The van der Waals surface area contributed by atoms with Gasteiger partial charge in [-0.2, -0.15) is 0 Å². The molecule has 7 heteroatoms. The van der Waals surface area contributed by atoms with Gasteiger partial charge in [-0.1, -0.05) is 0 Å². The fourth-order valence-corrected chi connectivity index (χ4v) is 2.84. The van der Waals surface area contributed by atoms with Crippen molar-refractivity contribution in [1.82, 2.24) is 15.0 Å². The van der Waals surface area contributed by atoms with Gasteiger partial charge in [-0.25, -0.2) is 4.98 Å². The SMILES string of the molecule is COc1ccc2nc(Sc3cccnc3C(=N)N)[nH]c2c1. The molecule has 106 valence electrons. The third kappa shape index (κ3) is 2.68. The molecule has 3 aromatic rings. The number of ether oxygens (including phenoxy) is 1. The van der Waals surface area contributed by atoms with Crippen LogP contribution in [0.15, 0.2) is 46.6 Å². The normalized spacial score (nSPS) is 10.7. The first-order chi connectivity index (χ1) is 10.2. The lowest BCUT2D eigenvalue weighted by atomic mass is 10.3. The van der Waals surface area contributed by atoms with E-state index in [2.05, 4.69) is 15.0 Å². The summed E-state index contributed by atoms with van der Waals surface area (Å²) >= 11 is 1.39. The van der Waals surface area contributed by atoms with Gasteiger partial charge in [0.05, 0.1) is 18.1 Å². The number of methoxy groups -OCH3 is 1. The summed E-state index contributed by atoms with van der Waals surface area (Å²) in [6.45, 7) is 0. The zero-order valence-corrected chi connectivity index (χ0v) is 12.1. The second kappa shape index (κ2) is 5.45. The molecule has 0 spiro atoms. The lowest BCUT2D eigenvalue weighted by Gasteiger charge is -2.03. The van der Waals surface area contributed by atoms with Crippen molar-refractivity contribution < 1.29 is 4.74 Å². The van der Waals surface area contributed by atoms with E-state index < -0.39 is 0 Å². The quantitative estimate of drug-likeness (QED) is 0.507. The Bertz CT molecular complexity index is 814. The lowest BCUT2D eigenvalue weighted by Crippen LogP contribution is -2.14. The van der Waals surface area contributed by atoms with Crippen molar-refractivity contribution in [1.29, 1.82) is 5.41 Å². The van der Waals surface area contributed by atoms with Crippen molar-refractivity contribution >= 4 is 28.6 Å². The van der Waals surface area contributed by atoms with Crippen LogP contribution in [0.5, 0.6) is 5.75 Å². The highest BCUT2D eigenvalue weighted by Gasteiger charge is 2.11. The largest absolute Gasteiger partial charge is 0.497 e. The molecule has 0 aliphatic heterocycles. The van der Waals surface area contributed by atoms with Gasteiger partial charge in [0.2, 0.25) is 0 Å². The van der Waals surface area contributed by atoms with E-state index in [4.69, 9.17) is 15.9 Å². The minimum absolute atomic E-state index is 0.0594. The summed E-state index contributed by atoms with van der Waals surface area (Å²) in [5.74, 6) is 0.712. The van der Waals surface area contributed by atoms with Crippen LogP contribution in [0.1, 0.15) is 5.69 Å². The molecule has 1 aromatic carbocycles. The second-order valence-corrected chi connectivity index (χ2v) is 5.32. The number of imidazole rings is 1. The molecule has 21 heavy (non-hydrogen) atoms. The highest BCUT2D eigenvalue weighted by atomic mass is 32.2. The molecule has 0 unspecified atom stereocenters. The molecule has 0 fully saturated rings. The van der Waals surface area contributed by atoms with E-state index in [1.165, 1.54) is 11.8 Å². The van der Waals surface area contributed by atoms with Crippen LogP contribution >= 0.6 is 11.8 Å². The first kappa shape index (κ1) is 13.4. The van der Waals surface area contributed by atoms with E-state index in [0.29, 0.717) is 10.9 Å². The zero-order valence-electron chi connectivity index (χ0n) is 11.3. The summed E-state index contributed by atoms with van der Waals surface area (Å²) in [4.78, 5) is 12.6. The summed E-state index contributed by atoms with van der Waals surface area (Å²) in [5, 5.41) is 8.27. The van der Waals surface area contributed by atoms with Gasteiger partial charge in [0, 0.05) is 17.2 Å². The molecule has 0 aliphatic rings. The van der Waals surface area contributed by atoms with Crippen LogP contribution in [0.2, 0.25) is 0 Å². The van der Waals surface area contributed by atoms with Gasteiger partial charge < -0.3 is 15.5 Å². The van der Waals surface area contributed by atoms with Crippen molar-refractivity contribution in [2.45, 2.75) is 10.1 Å². The number of nitrogens with one attached hydrogen (secondary N) is 2. The second-order valence-electron chi connectivity index (χ2n) is 4.29. The average Bonchev–Trinajstić information content (AvgIpc) is 2.88. The number of aromatic nitrogens is 3. The molecule has 2 aromatic heterocycles. The van der Waals surface area contributed by atoms with Crippen LogP contribution < -0.4 is 10.5 Å². The monoisotopic (exact) mass is 299 g/mol. The molecule has 0 amide bonds. The molecule has 0 atom stereocenters. The number of rotatable bonds is 4. The Hall–Kier alpha value is -2.54. The van der Waals surface area contributed by atoms with Crippen LogP contribution in [-0.4, -0.2) is 27.9 Å². The molecule has 3 rings (SSSR count). The number of aromatic amines is 1. The van der Waals surface area contributed by atoms with Crippen LogP contribution in [0.4, 0.5) is 0 Å². The molecule has 0 aliphatic carbocycles. The maximum atomic E-state index is 7.56. The predicted molar refractivity (Wildman–Crippen MR) is 82.0 cm³/mol. The number of fused-ring (bicyclic) bond motifs is 1. The number of hydrogen-bond donors (Lipinski definition) is 3. The molecular formula is C14H13N5OS. The number of nitrogen functional groups attached to an aromatic ring is 1. The van der Waals surface area contributed by atoms with Gasteiger partial charge in [0.1, 0.15) is 17.3 Å². The van der Waals surface area contributed by atoms with E-state index in [0.717, 1.165) is 21.7 Å². The Kier molecular flexibility index (Phi) is 3.49. The van der Waals surface area contributed by atoms with Crippen molar-refractivity contribution in [3.63, 3.8) is 0 Å². The number of H-pyrrole nitrogens is 1. The molecule has 2 heterocycles. The van der Waals surface area contributed by atoms with Gasteiger partial charge in [0.15, 0.2) is 5.16 Å². The number of benzene rings is 1. The average molecular weight is 299 g/mol. The van der Waals surface area contributed by atoms with Gasteiger partial charge in [-0.15, -0.1) is 0 Å². The maximum absolute atomic E-state index is 7.56. The summed E-state index contributed by atoms with van der Waals surface area (Å²) in [7, 11) is 1.63. The molecular weight excluding hydrogens is 286 g/mol. The Morgan fingerprint density at radius 2 is 2.24 bits per heavy atom. The fourth-order valence-electron chi connectivity index (χ4n) is 1.92. The number of nitrogens with zero attached hydrogens (tertiary/aromatic N) is 2. The van der Waals surface area contributed by atoms with Gasteiger partial charge in [0.25, 0.3) is 0 Å². The maximum Gasteiger partial charge on any atom is 0.171 e. The standard InChI is InChI=1S/C14H13N5OS/c1-20-8-4-5-9-10(7-8)19-14(18-9)21-11-3-2-6-17-12(11)13(15)16/h2-7H,1H3,(H3,15,16)(H,18,19). The van der Waals surface area contributed by atoms with Crippen LogP contribution in [0, 0.1) is 5.41 Å². The highest BCUT2D eigenvalue weighted by molar-refractivity contribution is 7.99. The van der Waals surface area contributed by atoms with Gasteiger partial charge in [-0.3, -0.25) is 10.4 Å². The van der Waals surface area contributed by atoms with E-state index >= 15 is 0 Å². The summed E-state index contributed by atoms with van der Waals surface area (Å²) in [6.07, 6.45) is 1.62. The number of hydrogen-bond acceptors (Lipinski definition) is 5. The van der Waals surface area contributed by atoms with E-state index in [9.17, 15) is 0 Å². The van der Waals surface area contributed by atoms with Gasteiger partial charge in [-0.05, 0) is 36.0 Å². The smallest absolute Gasteiger partial charge is 0.171 e. The molecule has 0 saturated carbocycles. The Balaban J connectivity index is 1.97. The van der Waals surface area contributed by atoms with E-state index in [1.54, 1.807) is 19.4 Å². The molecule has 0 bridgehead atoms. The minimum atomic E-state index is -0.0594. The number of pyridine rings is 1. The van der Waals surface area contributed by atoms with Gasteiger partial charge >= 0.3 is 0 Å². The molecule has 4 N–H and O–H groups in total. The fraction of sp³-hybridized carbons (Fsp3) is 0.0714. The van der Waals surface area contributed by atoms with Crippen LogP contribution in [-0.2, 0) is 0 Å². The van der Waals surface area contributed by atoms with Crippen molar-refractivity contribution in [2.75, 3.05) is 7.11 Å². The van der Waals surface area contributed by atoms with Crippen LogP contribution in [0.25, 0.3) is 11.0 Å². The molecule has 0 saturated heterocycles. The molecule has 0 radical (unpaired) electrons. The van der Waals surface area contributed by atoms with Crippen molar-refractivity contribution in [2.24, 2.45) is 5.73 Å². The van der Waals surface area contributed by atoms with E-state index in [1.807, 2.05) is 24.3 Å². The first-order valence-electron chi connectivity index (χ1n) is 6.18. The van der Waals surface area contributed by atoms with E-state index in [-0.39, 0.29) is 5.84 Å². The number of amidine groups is 1. The minimum Gasteiger partial charge on any atom is -0.497 e. The van der Waals surface area contributed by atoms with Crippen molar-refractivity contribution in [3.05, 3.63) is 42.2 Å². The Labute approximate surface area is 125 Å². The van der Waals surface area contributed by atoms with Crippen molar-refractivity contribution in [3.8, 4) is 5.75 Å². The topological polar surface area (TPSA) is 101 Å². The summed E-state index contributed by atoms with van der Waals surface area (Å²) in [5.41, 5.74) is 7.75. The Morgan fingerprint density at radius 3 is 3.00 bits per heavy atom. The number of nitrogens with two attached hydrogens (primary N) is 1. The third-order valence-electron chi connectivity index (χ3n) is 2.90. The highest BCUT2D eigenvalue weighted by Crippen LogP contribution is 2.29. The summed E-state index contributed by atoms with van der Waals surface area (Å²) < 4.78 is 5.19. The first-order valence-corrected chi connectivity index (χ1v) is 7.00. The zero-order chi connectivity index (χ0) is 14.8. The van der Waals surface area contributed by atoms with Crippen LogP contribution in [0.3, 0.4) is 0 Å². The predicted octanol–water partition coefficient (Wildman–Crippen LogP) is 2.40. The third-order valence-corrected chi connectivity index (χ3v) is 3.84. The lowest BCUT2D eigenvalue weighted by molar-refractivity contribution is 0.415. The molecule has 6 nitrogen and oxygen atoms in total.